The summed E-state index contributed by atoms with van der Waals surface area (Å²) in [4.78, 5) is 34.0. The lowest BCUT2D eigenvalue weighted by Gasteiger charge is -2.38. The summed E-state index contributed by atoms with van der Waals surface area (Å²) in [5.74, 6) is -0.118. The predicted octanol–water partition coefficient (Wildman–Crippen LogP) is 5.71. The van der Waals surface area contributed by atoms with Crippen LogP contribution in [0, 0.1) is 5.41 Å². The van der Waals surface area contributed by atoms with Crippen molar-refractivity contribution in [2.24, 2.45) is 5.41 Å². The molecule has 0 amide bonds. The highest BCUT2D eigenvalue weighted by atomic mass is 32.2. The molecule has 2 unspecified atom stereocenters. The van der Waals surface area contributed by atoms with Crippen LogP contribution in [0.4, 0.5) is 5.95 Å². The molecule has 4 aromatic carbocycles. The van der Waals surface area contributed by atoms with Gasteiger partial charge in [0.15, 0.2) is 11.3 Å². The Morgan fingerprint density at radius 1 is 0.902 bits per heavy atom. The number of fused-ring (bicyclic) bond motifs is 1. The minimum absolute atomic E-state index is 0.0276. The molecule has 61 heavy (non-hydrogen) atoms. The number of thioether (sulfide) groups is 1. The van der Waals surface area contributed by atoms with Gasteiger partial charge in [-0.05, 0) is 43.0 Å². The van der Waals surface area contributed by atoms with E-state index in [1.165, 1.54) is 23.9 Å². The van der Waals surface area contributed by atoms with Gasteiger partial charge < -0.3 is 25.4 Å². The molecule has 1 aliphatic heterocycles. The van der Waals surface area contributed by atoms with E-state index in [2.05, 4.69) is 15.1 Å². The summed E-state index contributed by atoms with van der Waals surface area (Å²) in [7, 11) is -4.14. The largest absolute Gasteiger partial charge is 0.405 e. The van der Waals surface area contributed by atoms with Crippen LogP contribution in [0.15, 0.2) is 139 Å². The molecule has 0 bridgehead atoms. The summed E-state index contributed by atoms with van der Waals surface area (Å²) in [5.41, 5.74) is 4.70. The zero-order chi connectivity index (χ0) is 43.3. The van der Waals surface area contributed by atoms with E-state index in [4.69, 9.17) is 24.3 Å². The van der Waals surface area contributed by atoms with Crippen molar-refractivity contribution < 1.29 is 38.1 Å². The molecule has 1 saturated heterocycles. The fourth-order valence-corrected chi connectivity index (χ4v) is 9.42. The van der Waals surface area contributed by atoms with Crippen molar-refractivity contribution in [3.05, 3.63) is 166 Å². The molecule has 0 spiro atoms. The van der Waals surface area contributed by atoms with Crippen LogP contribution < -0.4 is 16.5 Å². The molecule has 0 radical (unpaired) electrons. The maximum atomic E-state index is 14.3. The number of nitrogens with zero attached hydrogens (tertiary/aromatic N) is 4. The van der Waals surface area contributed by atoms with E-state index >= 15 is 0 Å². The van der Waals surface area contributed by atoms with Crippen LogP contribution in [-0.2, 0) is 40.0 Å². The number of nitrogen functional groups attached to an aromatic ring is 1. The quantitative estimate of drug-likeness (QED) is 0.0465. The second-order valence-electron chi connectivity index (χ2n) is 15.5. The van der Waals surface area contributed by atoms with E-state index in [0.29, 0.717) is 0 Å². The number of hydrogen-bond donors (Lipinski definition) is 4. The number of carbonyl (C=O) groups excluding carboxylic acids is 1. The topological polar surface area (TPSA) is 202 Å². The average Bonchev–Trinajstić information content (AvgIpc) is 3.79. The number of nitrogens with one attached hydrogen (secondary N) is 1. The zero-order valence-electron chi connectivity index (χ0n) is 33.9. The minimum Gasteiger partial charge on any atom is -0.387 e. The van der Waals surface area contributed by atoms with Crippen LogP contribution in [0.25, 0.3) is 5.78 Å². The molecule has 0 aliphatic carbocycles. The Morgan fingerprint density at radius 2 is 1.46 bits per heavy atom. The SMILES string of the molecule is CC(C)(COC(c1ccccc1)(c1ccccc1)c1ccccc1)C(=O)SCCOP(=O)(NCc1ccccc1)OC[C@H]1O[C@@H](n2ccn3c(=O)nc(N)nc23)[C@@](C)(O)C1O. The van der Waals surface area contributed by atoms with Crippen molar-refractivity contribution in [1.29, 1.82) is 0 Å². The van der Waals surface area contributed by atoms with E-state index in [-0.39, 0.29) is 42.4 Å². The fourth-order valence-electron chi connectivity index (χ4n) is 7.18. The molecule has 17 heteroatoms. The number of aliphatic hydroxyl groups is 2. The lowest BCUT2D eigenvalue weighted by molar-refractivity contribution is -0.124. The van der Waals surface area contributed by atoms with Crippen LogP contribution in [0.5, 0.6) is 0 Å². The highest BCUT2D eigenvalue weighted by Crippen LogP contribution is 2.47. The molecular formula is C44H49N6O9PS. The summed E-state index contributed by atoms with van der Waals surface area (Å²) in [6.07, 6.45) is -1.16. The maximum Gasteiger partial charge on any atom is 0.405 e. The van der Waals surface area contributed by atoms with Gasteiger partial charge in [0, 0.05) is 24.7 Å². The van der Waals surface area contributed by atoms with Gasteiger partial charge in [-0.2, -0.15) is 9.97 Å². The summed E-state index contributed by atoms with van der Waals surface area (Å²) in [6.45, 7) is 4.59. The second kappa shape index (κ2) is 18.5. The molecule has 6 aromatic rings. The first-order valence-corrected chi connectivity index (χ1v) is 22.2. The Kier molecular flexibility index (Phi) is 13.4. The smallest absolute Gasteiger partial charge is 0.387 e. The van der Waals surface area contributed by atoms with Gasteiger partial charge in [0.2, 0.25) is 11.7 Å². The molecule has 5 atom stereocenters. The number of benzene rings is 4. The van der Waals surface area contributed by atoms with Gasteiger partial charge in [0.25, 0.3) is 0 Å². The van der Waals surface area contributed by atoms with E-state index in [1.807, 2.05) is 135 Å². The van der Waals surface area contributed by atoms with Crippen LogP contribution in [0.2, 0.25) is 0 Å². The minimum atomic E-state index is -4.14. The van der Waals surface area contributed by atoms with Crippen molar-refractivity contribution in [2.45, 2.75) is 57.0 Å². The Labute approximate surface area is 357 Å². The normalized spacial score (nSPS) is 20.4. The van der Waals surface area contributed by atoms with Crippen molar-refractivity contribution >= 4 is 36.3 Å². The van der Waals surface area contributed by atoms with Gasteiger partial charge in [0.1, 0.15) is 23.4 Å². The highest BCUT2D eigenvalue weighted by molar-refractivity contribution is 8.13. The number of anilines is 1. The first kappa shape index (κ1) is 44.1. The van der Waals surface area contributed by atoms with Gasteiger partial charge >= 0.3 is 13.4 Å². The highest BCUT2D eigenvalue weighted by Gasteiger charge is 2.54. The zero-order valence-corrected chi connectivity index (χ0v) is 35.7. The Bertz CT molecular complexity index is 2410. The fraction of sp³-hybridized carbons (Fsp3) is 0.318. The monoisotopic (exact) mass is 868 g/mol. The molecule has 0 saturated carbocycles. The van der Waals surface area contributed by atoms with Crippen LogP contribution >= 0.6 is 19.5 Å². The van der Waals surface area contributed by atoms with Gasteiger partial charge in [-0.15, -0.1) is 0 Å². The third-order valence-corrected chi connectivity index (χ3v) is 13.3. The number of carbonyl (C=O) groups is 1. The van der Waals surface area contributed by atoms with E-state index in [1.54, 1.807) is 0 Å². The number of aliphatic hydroxyl groups excluding tert-OH is 1. The lowest BCUT2D eigenvalue weighted by atomic mass is 9.79. The third kappa shape index (κ3) is 9.58. The van der Waals surface area contributed by atoms with Gasteiger partial charge in [0.05, 0.1) is 25.2 Å². The number of aromatic nitrogens is 4. The molecule has 320 valence electrons. The predicted molar refractivity (Wildman–Crippen MR) is 231 cm³/mol. The van der Waals surface area contributed by atoms with Gasteiger partial charge in [-0.25, -0.2) is 18.8 Å². The Balaban J connectivity index is 1.02. The number of rotatable bonds is 18. The first-order valence-electron chi connectivity index (χ1n) is 19.7. The standard InChI is InChI=1S/C44H49N6O9PS/c1-42(2,30-56-44(32-18-10-5-11-19-32,33-20-12-6-13-21-33)34-22-14-7-15-23-34)38(52)61-27-26-57-60(55,46-28-31-16-8-4-9-17-31)58-29-35-36(51)43(3,54)37(59-35)49-24-25-50-40(49)47-39(45)48-41(50)53/h4-25,35-37,51,54H,26-30H2,1-3H3,(H,46,55)(H2,45,48,53)/t35-,36?,37-,43+,60?/m1/s1. The molecule has 7 rings (SSSR count). The average molecular weight is 869 g/mol. The van der Waals surface area contributed by atoms with Crippen molar-refractivity contribution in [3.63, 3.8) is 0 Å². The van der Waals surface area contributed by atoms with Crippen LogP contribution in [0.1, 0.15) is 49.3 Å². The lowest BCUT2D eigenvalue weighted by Crippen LogP contribution is -2.44. The molecule has 15 nitrogen and oxygen atoms in total. The second-order valence-corrected chi connectivity index (χ2v) is 18.4. The molecule has 1 aliphatic rings. The van der Waals surface area contributed by atoms with Gasteiger partial charge in [-0.1, -0.05) is 133 Å². The van der Waals surface area contributed by atoms with Gasteiger partial charge in [-0.3, -0.25) is 18.4 Å². The van der Waals surface area contributed by atoms with Crippen molar-refractivity contribution in [1.82, 2.24) is 24.0 Å². The first-order chi connectivity index (χ1) is 29.2. The Hall–Kier alpha value is -5.00. The molecule has 3 heterocycles. The summed E-state index contributed by atoms with van der Waals surface area (Å²) in [6, 6.07) is 39.0. The number of ether oxygens (including phenoxy) is 2. The van der Waals surface area contributed by atoms with Crippen LogP contribution in [0.3, 0.4) is 0 Å². The molecular weight excluding hydrogens is 820 g/mol. The molecule has 2 aromatic heterocycles. The third-order valence-electron chi connectivity index (χ3n) is 10.5. The number of hydrogen-bond acceptors (Lipinski definition) is 13. The Morgan fingerprint density at radius 3 is 2.03 bits per heavy atom. The summed E-state index contributed by atoms with van der Waals surface area (Å²) >= 11 is 1.03. The summed E-state index contributed by atoms with van der Waals surface area (Å²) < 4.78 is 41.5. The van der Waals surface area contributed by atoms with Crippen LogP contribution in [-0.4, -0.2) is 77.6 Å². The number of imidazole rings is 1. The summed E-state index contributed by atoms with van der Waals surface area (Å²) in [5, 5.41) is 25.3. The van der Waals surface area contributed by atoms with Crippen molar-refractivity contribution in [3.8, 4) is 0 Å². The number of nitrogens with two attached hydrogens (primary N) is 1. The van der Waals surface area contributed by atoms with Crippen molar-refractivity contribution in [2.75, 3.05) is 31.3 Å². The van der Waals surface area contributed by atoms with E-state index < -0.39 is 55.1 Å². The molecule has 1 fully saturated rings. The maximum absolute atomic E-state index is 14.3. The van der Waals surface area contributed by atoms with E-state index in [9.17, 15) is 24.4 Å². The van der Waals surface area contributed by atoms with E-state index in [0.717, 1.165) is 38.4 Å². The molecule has 5 N–H and O–H groups in total.